The van der Waals surface area contributed by atoms with Gasteiger partial charge in [0.15, 0.2) is 7.14 Å². The lowest BCUT2D eigenvalue weighted by molar-refractivity contribution is 0.311. The normalized spacial score (nSPS) is 12.6. The van der Waals surface area contributed by atoms with E-state index in [4.69, 9.17) is 8.37 Å². The third-order valence-electron chi connectivity index (χ3n) is 4.60. The number of hydrogen-bond acceptors (Lipinski definition) is 7. The molecule has 3 rings (SSSR count). The Morgan fingerprint density at radius 3 is 1.28 bits per heavy atom. The van der Waals surface area contributed by atoms with E-state index in [0.29, 0.717) is 27.0 Å². The highest BCUT2D eigenvalue weighted by Gasteiger charge is 2.29. The van der Waals surface area contributed by atoms with E-state index in [1.807, 2.05) is 18.2 Å². The first kappa shape index (κ1) is 24.4. The maximum Gasteiger partial charge on any atom is 0.264 e. The van der Waals surface area contributed by atoms with Crippen LogP contribution in [0, 0.1) is 0 Å². The van der Waals surface area contributed by atoms with Crippen LogP contribution in [0.25, 0.3) is 0 Å². The summed E-state index contributed by atoms with van der Waals surface area (Å²) in [6.07, 6.45) is 1.96. The number of hydrogen-bond donors (Lipinski definition) is 0. The molecule has 0 aromatic heterocycles. The number of benzene rings is 3. The first-order chi connectivity index (χ1) is 15.0. The number of rotatable bonds is 9. The van der Waals surface area contributed by atoms with E-state index in [1.165, 1.54) is 0 Å². The molecule has 7 nitrogen and oxygen atoms in total. The summed E-state index contributed by atoms with van der Waals surface area (Å²) in [6, 6.07) is 22.6. The van der Waals surface area contributed by atoms with Gasteiger partial charge in [-0.3, -0.25) is 8.37 Å². The van der Waals surface area contributed by atoms with Gasteiger partial charge in [-0.25, -0.2) is 0 Å². The van der Waals surface area contributed by atoms with E-state index >= 15 is 0 Å². The summed E-state index contributed by atoms with van der Waals surface area (Å²) in [7, 11) is -10.4. The molecule has 3 aromatic rings. The molecule has 170 valence electrons. The monoisotopic (exact) mass is 494 g/mol. The minimum Gasteiger partial charge on any atom is -0.309 e. The Bertz CT molecular complexity index is 1230. The Hall–Kier alpha value is -2.29. The molecule has 0 aliphatic rings. The molecule has 0 N–H and O–H groups in total. The van der Waals surface area contributed by atoms with Crippen LogP contribution in [0.4, 0.5) is 0 Å². The molecular formula is C22H23O7PS2. The van der Waals surface area contributed by atoms with E-state index in [1.54, 1.807) is 60.7 Å². The molecule has 0 unspecified atom stereocenters. The molecule has 0 heterocycles. The second kappa shape index (κ2) is 9.68. The van der Waals surface area contributed by atoms with Crippen molar-refractivity contribution in [1.82, 2.24) is 0 Å². The predicted octanol–water partition coefficient (Wildman–Crippen LogP) is 2.28. The molecule has 0 saturated carbocycles. The summed E-state index contributed by atoms with van der Waals surface area (Å²) >= 11 is 0. The standard InChI is InChI=1S/C22H23O7PS2/c1-31(24,25)28-16-18-8-12-21(13-9-18)30(23,20-6-4-3-5-7-20)22-14-10-19(11-15-22)17-29-32(2,26)27/h3-15H,16-17H2,1-2H3. The first-order valence-electron chi connectivity index (χ1n) is 9.51. The van der Waals surface area contributed by atoms with E-state index in [2.05, 4.69) is 0 Å². The lowest BCUT2D eigenvalue weighted by Gasteiger charge is -2.20. The largest absolute Gasteiger partial charge is 0.309 e. The summed E-state index contributed by atoms with van der Waals surface area (Å²) < 4.78 is 68.9. The minimum absolute atomic E-state index is 0.107. The Morgan fingerprint density at radius 2 is 0.938 bits per heavy atom. The topological polar surface area (TPSA) is 104 Å². The Morgan fingerprint density at radius 1 is 0.594 bits per heavy atom. The lowest BCUT2D eigenvalue weighted by atomic mass is 10.2. The van der Waals surface area contributed by atoms with Crippen LogP contribution in [0.2, 0.25) is 0 Å². The van der Waals surface area contributed by atoms with Crippen molar-refractivity contribution in [1.29, 1.82) is 0 Å². The zero-order valence-corrected chi connectivity index (χ0v) is 20.1. The highest BCUT2D eigenvalue weighted by molar-refractivity contribution is 7.86. The third kappa shape index (κ3) is 6.37. The van der Waals surface area contributed by atoms with Gasteiger partial charge in [-0.05, 0) is 11.1 Å². The second-order valence-corrected chi connectivity index (χ2v) is 13.3. The van der Waals surface area contributed by atoms with Crippen molar-refractivity contribution in [3.8, 4) is 0 Å². The molecule has 0 aliphatic heterocycles. The van der Waals surface area contributed by atoms with E-state index < -0.39 is 27.4 Å². The second-order valence-electron chi connectivity index (χ2n) is 7.21. The van der Waals surface area contributed by atoms with Crippen LogP contribution < -0.4 is 15.9 Å². The van der Waals surface area contributed by atoms with Gasteiger partial charge in [0.05, 0.1) is 25.7 Å². The molecule has 3 aromatic carbocycles. The molecule has 0 aliphatic carbocycles. The van der Waals surface area contributed by atoms with Gasteiger partial charge in [0.25, 0.3) is 20.2 Å². The van der Waals surface area contributed by atoms with Crippen LogP contribution in [0.5, 0.6) is 0 Å². The van der Waals surface area contributed by atoms with Gasteiger partial charge in [0.2, 0.25) is 0 Å². The molecule has 0 bridgehead atoms. The van der Waals surface area contributed by atoms with Gasteiger partial charge < -0.3 is 4.57 Å². The van der Waals surface area contributed by atoms with Gasteiger partial charge in [-0.15, -0.1) is 0 Å². The molecule has 0 amide bonds. The third-order valence-corrected chi connectivity index (χ3v) is 8.77. The molecule has 0 radical (unpaired) electrons. The van der Waals surface area contributed by atoms with Gasteiger partial charge in [-0.1, -0.05) is 78.9 Å². The molecule has 0 saturated heterocycles. The summed E-state index contributed by atoms with van der Waals surface area (Å²) in [4.78, 5) is 0. The molecule has 0 spiro atoms. The smallest absolute Gasteiger partial charge is 0.264 e. The van der Waals surface area contributed by atoms with Crippen LogP contribution in [0.1, 0.15) is 11.1 Å². The fraction of sp³-hybridized carbons (Fsp3) is 0.182. The Labute approximate surface area is 188 Å². The fourth-order valence-corrected chi connectivity index (χ4v) is 6.36. The van der Waals surface area contributed by atoms with Crippen molar-refractivity contribution in [2.45, 2.75) is 13.2 Å². The van der Waals surface area contributed by atoms with E-state index in [9.17, 15) is 21.4 Å². The highest BCUT2D eigenvalue weighted by Crippen LogP contribution is 2.42. The predicted molar refractivity (Wildman–Crippen MR) is 125 cm³/mol. The average molecular weight is 495 g/mol. The van der Waals surface area contributed by atoms with Crippen LogP contribution >= 0.6 is 7.14 Å². The van der Waals surface area contributed by atoms with Crippen LogP contribution in [-0.2, 0) is 46.4 Å². The van der Waals surface area contributed by atoms with Gasteiger partial charge >= 0.3 is 0 Å². The maximum absolute atomic E-state index is 14.4. The van der Waals surface area contributed by atoms with Crippen molar-refractivity contribution in [3.05, 3.63) is 90.0 Å². The molecule has 0 fully saturated rings. The zero-order chi connectivity index (χ0) is 23.4. The minimum atomic E-state index is -3.57. The average Bonchev–Trinajstić information content (AvgIpc) is 2.76. The summed E-state index contributed by atoms with van der Waals surface area (Å²) in [5.41, 5.74) is 1.26. The van der Waals surface area contributed by atoms with E-state index in [-0.39, 0.29) is 13.2 Å². The highest BCUT2D eigenvalue weighted by atomic mass is 32.2. The summed E-state index contributed by atoms with van der Waals surface area (Å²) in [5, 5.41) is 1.79. The van der Waals surface area contributed by atoms with Crippen LogP contribution in [0.15, 0.2) is 78.9 Å². The first-order valence-corrected chi connectivity index (χ1v) is 14.8. The van der Waals surface area contributed by atoms with Gasteiger partial charge in [0.1, 0.15) is 0 Å². The van der Waals surface area contributed by atoms with Crippen molar-refractivity contribution >= 4 is 43.3 Å². The molecule has 32 heavy (non-hydrogen) atoms. The quantitative estimate of drug-likeness (QED) is 0.332. The van der Waals surface area contributed by atoms with Gasteiger partial charge in [0, 0.05) is 15.9 Å². The van der Waals surface area contributed by atoms with Crippen molar-refractivity contribution in [2.24, 2.45) is 0 Å². The summed E-state index contributed by atoms with van der Waals surface area (Å²) in [6.45, 7) is -0.215. The lowest BCUT2D eigenvalue weighted by Crippen LogP contribution is -2.25. The molecule has 0 atom stereocenters. The molecule has 10 heteroatoms. The SMILES string of the molecule is CS(=O)(=O)OCc1ccc(P(=O)(c2ccccc2)c2ccc(COS(C)(=O)=O)cc2)cc1. The fourth-order valence-electron chi connectivity index (χ4n) is 3.04. The Kier molecular flexibility index (Phi) is 7.37. The maximum atomic E-state index is 14.4. The summed E-state index contributed by atoms with van der Waals surface area (Å²) in [5.74, 6) is 0. The van der Waals surface area contributed by atoms with Crippen molar-refractivity contribution in [3.63, 3.8) is 0 Å². The van der Waals surface area contributed by atoms with Crippen molar-refractivity contribution in [2.75, 3.05) is 12.5 Å². The van der Waals surface area contributed by atoms with Crippen molar-refractivity contribution < 1.29 is 29.8 Å². The zero-order valence-electron chi connectivity index (χ0n) is 17.5. The molecular weight excluding hydrogens is 471 g/mol. The van der Waals surface area contributed by atoms with Crippen LogP contribution in [0.3, 0.4) is 0 Å². The Balaban J connectivity index is 1.97. The van der Waals surface area contributed by atoms with Crippen LogP contribution in [-0.4, -0.2) is 29.3 Å². The van der Waals surface area contributed by atoms with Gasteiger partial charge in [-0.2, -0.15) is 16.8 Å². The van der Waals surface area contributed by atoms with E-state index in [0.717, 1.165) is 12.5 Å².